The van der Waals surface area contributed by atoms with Gasteiger partial charge in [-0.3, -0.25) is 14.4 Å². The molecule has 0 saturated carbocycles. The number of nitrogens with one attached hydrogen (secondary N) is 2. The van der Waals surface area contributed by atoms with E-state index in [1.165, 1.54) is 4.90 Å². The summed E-state index contributed by atoms with van der Waals surface area (Å²) >= 11 is 0. The molecule has 3 rings (SSSR count). The van der Waals surface area contributed by atoms with Crippen molar-refractivity contribution in [3.8, 4) is 0 Å². The van der Waals surface area contributed by atoms with Gasteiger partial charge in [-0.2, -0.15) is 0 Å². The van der Waals surface area contributed by atoms with Crippen LogP contribution in [0.3, 0.4) is 0 Å². The lowest BCUT2D eigenvalue weighted by atomic mass is 9.70. The van der Waals surface area contributed by atoms with E-state index >= 15 is 0 Å². The zero-order valence-electron chi connectivity index (χ0n) is 15.8. The van der Waals surface area contributed by atoms with Crippen molar-refractivity contribution in [3.05, 3.63) is 0 Å². The lowest BCUT2D eigenvalue weighted by Gasteiger charge is -2.36. The average molecular weight is 367 g/mol. The van der Waals surface area contributed by atoms with E-state index < -0.39 is 29.5 Å². The van der Waals surface area contributed by atoms with Crippen LogP contribution in [0.15, 0.2) is 0 Å². The molecule has 2 bridgehead atoms. The summed E-state index contributed by atoms with van der Waals surface area (Å²) in [5, 5.41) is 15.3. The van der Waals surface area contributed by atoms with E-state index in [0.717, 1.165) is 0 Å². The number of likely N-dealkylation sites (tertiary alicyclic amines) is 1. The Hall–Kier alpha value is -1.67. The number of fused-ring (bicyclic) bond motifs is 1. The molecular weight excluding hydrogens is 338 g/mol. The molecule has 0 aromatic rings. The van der Waals surface area contributed by atoms with E-state index in [0.29, 0.717) is 19.3 Å². The highest BCUT2D eigenvalue weighted by Crippen LogP contribution is 2.58. The summed E-state index contributed by atoms with van der Waals surface area (Å²) in [5.41, 5.74) is -0.986. The summed E-state index contributed by atoms with van der Waals surface area (Å²) in [5.74, 6) is -2.02. The second-order valence-electron chi connectivity index (χ2n) is 7.82. The maximum atomic E-state index is 13.3. The fourth-order valence-electron chi connectivity index (χ4n) is 5.03. The molecule has 8 nitrogen and oxygen atoms in total. The minimum Gasteiger partial charge on any atom is -0.394 e. The van der Waals surface area contributed by atoms with Crippen LogP contribution in [-0.2, 0) is 19.1 Å². The van der Waals surface area contributed by atoms with Crippen LogP contribution in [0.4, 0.5) is 0 Å². The smallest absolute Gasteiger partial charge is 0.246 e. The summed E-state index contributed by atoms with van der Waals surface area (Å²) in [7, 11) is 1.55. The molecule has 1 spiro atoms. The number of ether oxygens (including phenoxy) is 1. The van der Waals surface area contributed by atoms with Gasteiger partial charge in [0.1, 0.15) is 11.6 Å². The van der Waals surface area contributed by atoms with Crippen LogP contribution in [-0.4, -0.2) is 71.2 Å². The topological polar surface area (TPSA) is 108 Å². The molecule has 6 atom stereocenters. The number of hydrogen-bond acceptors (Lipinski definition) is 5. The van der Waals surface area contributed by atoms with Crippen LogP contribution in [0.5, 0.6) is 0 Å². The SMILES string of the molecule is CC[C@@H](CO)N1C(=O)[C@@H]2[C@@H](C(=O)NC)[C@H]3CCC2(O3)C1C(=O)NC(C)C. The number of aliphatic hydroxyl groups is 1. The third-order valence-corrected chi connectivity index (χ3v) is 6.04. The number of nitrogens with zero attached hydrogens (tertiary/aromatic N) is 1. The highest BCUT2D eigenvalue weighted by Gasteiger charge is 2.74. The molecular formula is C18H29N3O5. The van der Waals surface area contributed by atoms with Crippen molar-refractivity contribution in [2.45, 2.75) is 69.9 Å². The summed E-state index contributed by atoms with van der Waals surface area (Å²) in [6.45, 7) is 5.35. The van der Waals surface area contributed by atoms with E-state index in [9.17, 15) is 19.5 Å². The zero-order chi connectivity index (χ0) is 19.2. The lowest BCUT2D eigenvalue weighted by molar-refractivity contribution is -0.145. The van der Waals surface area contributed by atoms with E-state index in [4.69, 9.17) is 4.74 Å². The van der Waals surface area contributed by atoms with Crippen LogP contribution in [0.25, 0.3) is 0 Å². The normalized spacial score (nSPS) is 36.4. The van der Waals surface area contributed by atoms with Gasteiger partial charge >= 0.3 is 0 Å². The van der Waals surface area contributed by atoms with Crippen molar-refractivity contribution < 1.29 is 24.2 Å². The molecule has 0 aliphatic carbocycles. The fourth-order valence-corrected chi connectivity index (χ4v) is 5.03. The number of amides is 3. The molecule has 8 heteroatoms. The second-order valence-corrected chi connectivity index (χ2v) is 7.82. The van der Waals surface area contributed by atoms with Gasteiger partial charge in [-0.25, -0.2) is 0 Å². The lowest BCUT2D eigenvalue weighted by Crippen LogP contribution is -2.58. The zero-order valence-corrected chi connectivity index (χ0v) is 15.8. The Morgan fingerprint density at radius 1 is 1.38 bits per heavy atom. The first-order valence-corrected chi connectivity index (χ1v) is 9.45. The number of hydrogen-bond donors (Lipinski definition) is 3. The van der Waals surface area contributed by atoms with Gasteiger partial charge in [0.05, 0.1) is 30.6 Å². The molecule has 3 fully saturated rings. The predicted octanol–water partition coefficient (Wildman–Crippen LogP) is -0.597. The molecule has 2 unspecified atom stereocenters. The van der Waals surface area contributed by atoms with Crippen LogP contribution >= 0.6 is 0 Å². The number of aliphatic hydroxyl groups excluding tert-OH is 1. The second kappa shape index (κ2) is 6.81. The van der Waals surface area contributed by atoms with Gasteiger partial charge in [0.25, 0.3) is 0 Å². The third kappa shape index (κ3) is 2.53. The average Bonchev–Trinajstić information content (AvgIpc) is 3.23. The van der Waals surface area contributed by atoms with Gasteiger partial charge in [0, 0.05) is 13.1 Å². The van der Waals surface area contributed by atoms with Crippen LogP contribution in [0.2, 0.25) is 0 Å². The van der Waals surface area contributed by atoms with Gasteiger partial charge in [-0.05, 0) is 33.1 Å². The van der Waals surface area contributed by atoms with Crippen molar-refractivity contribution in [2.24, 2.45) is 11.8 Å². The van der Waals surface area contributed by atoms with E-state index in [1.807, 2.05) is 20.8 Å². The molecule has 0 aromatic heterocycles. The predicted molar refractivity (Wildman–Crippen MR) is 93.0 cm³/mol. The highest BCUT2D eigenvalue weighted by atomic mass is 16.5. The molecule has 0 radical (unpaired) electrons. The molecule has 3 aliphatic rings. The molecule has 3 amide bonds. The third-order valence-electron chi connectivity index (χ3n) is 6.04. The summed E-state index contributed by atoms with van der Waals surface area (Å²) in [6.07, 6.45) is 1.40. The first-order valence-electron chi connectivity index (χ1n) is 9.45. The Morgan fingerprint density at radius 3 is 2.62 bits per heavy atom. The van der Waals surface area contributed by atoms with Gasteiger partial charge in [-0.15, -0.1) is 0 Å². The van der Waals surface area contributed by atoms with Crippen molar-refractivity contribution in [1.82, 2.24) is 15.5 Å². The molecule has 3 heterocycles. The van der Waals surface area contributed by atoms with Gasteiger partial charge in [-0.1, -0.05) is 6.92 Å². The largest absolute Gasteiger partial charge is 0.394 e. The molecule has 26 heavy (non-hydrogen) atoms. The van der Waals surface area contributed by atoms with Gasteiger partial charge in [0.15, 0.2) is 0 Å². The number of rotatable bonds is 6. The van der Waals surface area contributed by atoms with E-state index in [-0.39, 0.29) is 36.5 Å². The standard InChI is InChI=1S/C18H29N3O5/c1-5-10(8-22)21-14(16(24)20-9(2)3)18-7-6-11(26-18)12(15(23)19-4)13(18)17(21)25/h9-14,22H,5-8H2,1-4H3,(H,19,23)(H,20,24)/t10-,11+,12-,13-,14?,18?/m0/s1. The Bertz CT molecular complexity index is 606. The molecule has 146 valence electrons. The maximum absolute atomic E-state index is 13.3. The van der Waals surface area contributed by atoms with Crippen molar-refractivity contribution >= 4 is 17.7 Å². The van der Waals surface area contributed by atoms with Crippen molar-refractivity contribution in [2.75, 3.05) is 13.7 Å². The Labute approximate surface area is 153 Å². The van der Waals surface area contributed by atoms with Crippen molar-refractivity contribution in [3.63, 3.8) is 0 Å². The Kier molecular flexibility index (Phi) is 5.00. The Morgan fingerprint density at radius 2 is 2.08 bits per heavy atom. The van der Waals surface area contributed by atoms with E-state index in [2.05, 4.69) is 10.6 Å². The molecule has 0 aromatic carbocycles. The van der Waals surface area contributed by atoms with Crippen LogP contribution in [0, 0.1) is 11.8 Å². The minimum absolute atomic E-state index is 0.0857. The summed E-state index contributed by atoms with van der Waals surface area (Å²) < 4.78 is 6.21. The van der Waals surface area contributed by atoms with Gasteiger partial charge < -0.3 is 25.4 Å². The highest BCUT2D eigenvalue weighted by molar-refractivity contribution is 5.99. The van der Waals surface area contributed by atoms with Gasteiger partial charge in [0.2, 0.25) is 17.7 Å². The first kappa shape index (κ1) is 19.1. The summed E-state index contributed by atoms with van der Waals surface area (Å²) in [6, 6.07) is -1.38. The molecule has 3 saturated heterocycles. The van der Waals surface area contributed by atoms with Crippen molar-refractivity contribution in [1.29, 1.82) is 0 Å². The molecule has 3 aliphatic heterocycles. The first-order chi connectivity index (χ1) is 12.3. The fraction of sp³-hybridized carbons (Fsp3) is 0.833. The van der Waals surface area contributed by atoms with E-state index in [1.54, 1.807) is 7.05 Å². The summed E-state index contributed by atoms with van der Waals surface area (Å²) in [4.78, 5) is 40.3. The quantitative estimate of drug-likeness (QED) is 0.581. The van der Waals surface area contributed by atoms with Crippen LogP contribution < -0.4 is 10.6 Å². The number of carbonyl (C=O) groups is 3. The monoisotopic (exact) mass is 367 g/mol. The number of carbonyl (C=O) groups excluding carboxylic acids is 3. The molecule has 3 N–H and O–H groups in total. The van der Waals surface area contributed by atoms with Crippen LogP contribution in [0.1, 0.15) is 40.0 Å². The maximum Gasteiger partial charge on any atom is 0.246 e. The Balaban J connectivity index is 2.06. The minimum atomic E-state index is -0.986.